The van der Waals surface area contributed by atoms with E-state index in [0.717, 1.165) is 46.8 Å². The first-order valence-corrected chi connectivity index (χ1v) is 19.9. The van der Waals surface area contributed by atoms with Crippen LogP contribution in [0.1, 0.15) is 29.0 Å². The molecule has 4 heteroatoms. The maximum Gasteiger partial charge on any atom is 0.238 e. The van der Waals surface area contributed by atoms with Crippen LogP contribution in [0.5, 0.6) is 0 Å². The SMILES string of the molecule is c1ccc(-c2nc(-c3ccccc3)nc(-n3c4ccccc4c4cc(-c5ccc6c7c(cccc57)-c5cccc7c5C(CC6)Cc5ccccc5-7)ccc43)n2)cc1. The molecule has 2 aliphatic rings. The molecule has 0 amide bonds. The third-order valence-electron chi connectivity index (χ3n) is 12.3. The molecule has 4 nitrogen and oxygen atoms in total. The first kappa shape index (κ1) is 32.1. The predicted octanol–water partition coefficient (Wildman–Crippen LogP) is 13.0. The molecule has 1 unspecified atom stereocenters. The number of rotatable bonds is 4. The van der Waals surface area contributed by atoms with Crippen LogP contribution in [0.3, 0.4) is 0 Å². The van der Waals surface area contributed by atoms with Crippen LogP contribution in [-0.2, 0) is 12.8 Å². The number of hydrogen-bond donors (Lipinski definition) is 0. The normalized spacial score (nSPS) is 14.3. The van der Waals surface area contributed by atoms with E-state index in [0.29, 0.717) is 23.5 Å². The zero-order valence-corrected chi connectivity index (χ0v) is 31.2. The van der Waals surface area contributed by atoms with Gasteiger partial charge in [-0.15, -0.1) is 0 Å². The van der Waals surface area contributed by atoms with Gasteiger partial charge in [0, 0.05) is 21.9 Å². The van der Waals surface area contributed by atoms with E-state index >= 15 is 0 Å². The molecule has 0 aliphatic heterocycles. The monoisotopic (exact) mass is 728 g/mol. The number of aryl methyl sites for hydroxylation is 1. The van der Waals surface area contributed by atoms with Crippen molar-refractivity contribution < 1.29 is 0 Å². The topological polar surface area (TPSA) is 43.6 Å². The molecule has 2 aliphatic carbocycles. The summed E-state index contributed by atoms with van der Waals surface area (Å²) in [7, 11) is 0. The van der Waals surface area contributed by atoms with Gasteiger partial charge in [0.05, 0.1) is 11.0 Å². The Hall–Kier alpha value is -7.17. The van der Waals surface area contributed by atoms with Crippen molar-refractivity contribution >= 4 is 32.6 Å². The minimum Gasteiger partial charge on any atom is -0.278 e. The lowest BCUT2D eigenvalue weighted by Gasteiger charge is -2.32. The molecule has 0 radical (unpaired) electrons. The highest BCUT2D eigenvalue weighted by molar-refractivity contribution is 6.12. The van der Waals surface area contributed by atoms with E-state index < -0.39 is 0 Å². The number of aromatic nitrogens is 4. The Balaban J connectivity index is 1.05. The van der Waals surface area contributed by atoms with Crippen LogP contribution in [0.25, 0.3) is 94.7 Å². The maximum absolute atomic E-state index is 5.14. The van der Waals surface area contributed by atoms with Gasteiger partial charge in [0.25, 0.3) is 0 Å². The van der Waals surface area contributed by atoms with Gasteiger partial charge in [0.15, 0.2) is 11.6 Å². The summed E-state index contributed by atoms with van der Waals surface area (Å²) in [6.07, 6.45) is 3.30. The Bertz CT molecular complexity index is 3160. The minimum atomic E-state index is 0.505. The molecule has 57 heavy (non-hydrogen) atoms. The number of nitrogens with zero attached hydrogens (tertiary/aromatic N) is 4. The Morgan fingerprint density at radius 2 is 1.05 bits per heavy atom. The van der Waals surface area contributed by atoms with Gasteiger partial charge in [-0.05, 0) is 104 Å². The molecule has 0 spiro atoms. The summed E-state index contributed by atoms with van der Waals surface area (Å²) in [6, 6.07) is 63.6. The number of benzene rings is 8. The van der Waals surface area contributed by atoms with Crippen molar-refractivity contribution in [1.82, 2.24) is 19.5 Å². The third kappa shape index (κ3) is 5.04. The van der Waals surface area contributed by atoms with Gasteiger partial charge in [-0.3, -0.25) is 4.57 Å². The molecule has 0 N–H and O–H groups in total. The second kappa shape index (κ2) is 12.7. The molecule has 0 fully saturated rings. The molecule has 0 saturated carbocycles. The van der Waals surface area contributed by atoms with Crippen LogP contribution in [0, 0.1) is 0 Å². The summed E-state index contributed by atoms with van der Waals surface area (Å²) in [5, 5.41) is 5.02. The van der Waals surface area contributed by atoms with E-state index in [1.54, 1.807) is 0 Å². The van der Waals surface area contributed by atoms with E-state index in [4.69, 9.17) is 15.0 Å². The molecule has 0 saturated heterocycles. The smallest absolute Gasteiger partial charge is 0.238 e. The lowest BCUT2D eigenvalue weighted by molar-refractivity contribution is 0.617. The van der Waals surface area contributed by atoms with Crippen molar-refractivity contribution in [2.75, 3.05) is 0 Å². The van der Waals surface area contributed by atoms with Crippen LogP contribution < -0.4 is 0 Å². The summed E-state index contributed by atoms with van der Waals surface area (Å²) in [6.45, 7) is 0. The second-order valence-electron chi connectivity index (χ2n) is 15.5. The average Bonchev–Trinajstić information content (AvgIpc) is 3.61. The van der Waals surface area contributed by atoms with Crippen molar-refractivity contribution in [3.8, 4) is 62.1 Å². The van der Waals surface area contributed by atoms with Gasteiger partial charge < -0.3 is 0 Å². The van der Waals surface area contributed by atoms with E-state index in [9.17, 15) is 0 Å². The fourth-order valence-corrected chi connectivity index (χ4v) is 9.80. The quantitative estimate of drug-likeness (QED) is 0.181. The van der Waals surface area contributed by atoms with Gasteiger partial charge in [0.2, 0.25) is 5.95 Å². The molecule has 12 rings (SSSR count). The van der Waals surface area contributed by atoms with E-state index in [1.165, 1.54) is 66.2 Å². The molecule has 2 aromatic heterocycles. The van der Waals surface area contributed by atoms with Crippen LogP contribution in [-0.4, -0.2) is 19.5 Å². The summed E-state index contributed by atoms with van der Waals surface area (Å²) in [5.41, 5.74) is 16.4. The lowest BCUT2D eigenvalue weighted by Crippen LogP contribution is -2.15. The summed E-state index contributed by atoms with van der Waals surface area (Å²) in [5.74, 6) is 2.40. The lowest BCUT2D eigenvalue weighted by atomic mass is 9.71. The van der Waals surface area contributed by atoms with E-state index in [-0.39, 0.29) is 0 Å². The largest absolute Gasteiger partial charge is 0.278 e. The van der Waals surface area contributed by atoms with Gasteiger partial charge in [-0.2, -0.15) is 9.97 Å². The molecular formula is C53H36N4. The standard InChI is InChI=1S/C53H36N4/c1-3-13-34(14-4-1)51-54-52(35-15-5-2-6-16-35)56-53(55-51)57-47-24-10-9-19-41(47)46-32-37(28-30-48(46)57)40-29-27-33-25-26-38-31-36-17-7-8-18-39(36)42-20-11-23-45(50(38)42)44-22-12-21-43(40)49(33)44/h1-24,27-30,32,38H,25-26,31H2. The highest BCUT2D eigenvalue weighted by atomic mass is 15.2. The maximum atomic E-state index is 5.14. The van der Waals surface area contributed by atoms with Crippen LogP contribution in [0.15, 0.2) is 176 Å². The molecule has 268 valence electrons. The predicted molar refractivity (Wildman–Crippen MR) is 234 cm³/mol. The molecule has 1 atom stereocenters. The second-order valence-corrected chi connectivity index (χ2v) is 15.5. The van der Waals surface area contributed by atoms with Crippen LogP contribution in [0.4, 0.5) is 0 Å². The molecule has 0 bridgehead atoms. The van der Waals surface area contributed by atoms with Crippen molar-refractivity contribution in [3.63, 3.8) is 0 Å². The molecule has 2 heterocycles. The zero-order chi connectivity index (χ0) is 37.5. The zero-order valence-electron chi connectivity index (χ0n) is 31.2. The Morgan fingerprint density at radius 3 is 1.86 bits per heavy atom. The van der Waals surface area contributed by atoms with Gasteiger partial charge in [0.1, 0.15) is 0 Å². The first-order chi connectivity index (χ1) is 28.3. The summed E-state index contributed by atoms with van der Waals surface area (Å²) < 4.78 is 2.20. The van der Waals surface area contributed by atoms with E-state index in [1.807, 2.05) is 36.4 Å². The van der Waals surface area contributed by atoms with Gasteiger partial charge >= 0.3 is 0 Å². The minimum absolute atomic E-state index is 0.505. The van der Waals surface area contributed by atoms with Crippen LogP contribution >= 0.6 is 0 Å². The summed E-state index contributed by atoms with van der Waals surface area (Å²) in [4.78, 5) is 15.2. The molecule has 10 aromatic rings. The molecular weight excluding hydrogens is 693 g/mol. The summed E-state index contributed by atoms with van der Waals surface area (Å²) >= 11 is 0. The Labute approximate surface area is 330 Å². The fraction of sp³-hybridized carbons (Fsp3) is 0.0755. The average molecular weight is 729 g/mol. The number of hydrogen-bond acceptors (Lipinski definition) is 3. The van der Waals surface area contributed by atoms with Crippen molar-refractivity contribution in [2.45, 2.75) is 25.2 Å². The number of fused-ring (bicyclic) bond motifs is 6. The van der Waals surface area contributed by atoms with Crippen molar-refractivity contribution in [2.24, 2.45) is 0 Å². The fourth-order valence-electron chi connectivity index (χ4n) is 9.80. The highest BCUT2D eigenvalue weighted by Gasteiger charge is 2.30. The number of para-hydroxylation sites is 1. The highest BCUT2D eigenvalue weighted by Crippen LogP contribution is 2.50. The first-order valence-electron chi connectivity index (χ1n) is 19.9. The van der Waals surface area contributed by atoms with Crippen LogP contribution in [0.2, 0.25) is 0 Å². The van der Waals surface area contributed by atoms with Gasteiger partial charge in [-0.25, -0.2) is 4.98 Å². The van der Waals surface area contributed by atoms with Crippen molar-refractivity contribution in [1.29, 1.82) is 0 Å². The third-order valence-corrected chi connectivity index (χ3v) is 12.3. The van der Waals surface area contributed by atoms with Gasteiger partial charge in [-0.1, -0.05) is 158 Å². The molecule has 8 aromatic carbocycles. The van der Waals surface area contributed by atoms with Crippen molar-refractivity contribution in [3.05, 3.63) is 193 Å². The Morgan fingerprint density at radius 1 is 0.421 bits per heavy atom. The van der Waals surface area contributed by atoms with E-state index in [2.05, 4.69) is 144 Å². The Kier molecular flexibility index (Phi) is 7.15.